The second-order valence-corrected chi connectivity index (χ2v) is 6.25. The van der Waals surface area contributed by atoms with Crippen molar-refractivity contribution in [2.75, 3.05) is 0 Å². The molecule has 0 bridgehead atoms. The summed E-state index contributed by atoms with van der Waals surface area (Å²) in [5, 5.41) is -0.0760. The van der Waals surface area contributed by atoms with Crippen molar-refractivity contribution in [1.82, 2.24) is 0 Å². The van der Waals surface area contributed by atoms with E-state index < -0.39 is 0 Å². The number of rotatable bonds is 2. The van der Waals surface area contributed by atoms with Gasteiger partial charge in [0.05, 0.1) is 5.38 Å². The highest BCUT2D eigenvalue weighted by Crippen LogP contribution is 2.37. The highest BCUT2D eigenvalue weighted by molar-refractivity contribution is 6.22. The Bertz CT molecular complexity index is 624. The molecule has 0 heterocycles. The zero-order valence-electron chi connectivity index (χ0n) is 13.3. The molecule has 0 aliphatic rings. The lowest BCUT2D eigenvalue weighted by Crippen LogP contribution is -2.06. The minimum absolute atomic E-state index is 0.0760. The predicted octanol–water partition coefficient (Wildman–Crippen LogP) is 5.87. The fraction of sp³-hybridized carbons (Fsp3) is 0.368. The second-order valence-electron chi connectivity index (χ2n) is 5.82. The van der Waals surface area contributed by atoms with Gasteiger partial charge in [0.1, 0.15) is 0 Å². The van der Waals surface area contributed by atoms with Crippen LogP contribution in [0.15, 0.2) is 24.3 Å². The minimum Gasteiger partial charge on any atom is -0.113 e. The normalized spacial score (nSPS) is 12.6. The third-order valence-electron chi connectivity index (χ3n) is 4.65. The molecule has 2 rings (SSSR count). The van der Waals surface area contributed by atoms with Crippen LogP contribution < -0.4 is 0 Å². The van der Waals surface area contributed by atoms with Crippen LogP contribution in [0, 0.1) is 41.5 Å². The summed E-state index contributed by atoms with van der Waals surface area (Å²) in [7, 11) is 0. The molecule has 0 N–H and O–H groups in total. The Morgan fingerprint density at radius 1 is 0.750 bits per heavy atom. The zero-order valence-corrected chi connectivity index (χ0v) is 14.0. The predicted molar refractivity (Wildman–Crippen MR) is 89.0 cm³/mol. The number of alkyl halides is 1. The summed E-state index contributed by atoms with van der Waals surface area (Å²) >= 11 is 6.81. The van der Waals surface area contributed by atoms with E-state index >= 15 is 0 Å². The van der Waals surface area contributed by atoms with Crippen LogP contribution in [0.4, 0.5) is 0 Å². The van der Waals surface area contributed by atoms with Gasteiger partial charge < -0.3 is 0 Å². The maximum Gasteiger partial charge on any atom is 0.0840 e. The molecule has 0 aromatic heterocycles. The lowest BCUT2D eigenvalue weighted by molar-refractivity contribution is 1.03. The van der Waals surface area contributed by atoms with Crippen LogP contribution in [0.25, 0.3) is 0 Å². The lowest BCUT2D eigenvalue weighted by Gasteiger charge is -2.22. The van der Waals surface area contributed by atoms with Crippen LogP contribution in [0.5, 0.6) is 0 Å². The van der Waals surface area contributed by atoms with Gasteiger partial charge in [0, 0.05) is 0 Å². The molecule has 0 fully saturated rings. The number of benzene rings is 2. The summed E-state index contributed by atoms with van der Waals surface area (Å²) in [6.07, 6.45) is 0. The smallest absolute Gasteiger partial charge is 0.0840 e. The quantitative estimate of drug-likeness (QED) is 0.606. The van der Waals surface area contributed by atoms with Gasteiger partial charge in [0.15, 0.2) is 0 Å². The van der Waals surface area contributed by atoms with Crippen molar-refractivity contribution >= 4 is 11.6 Å². The third-order valence-corrected chi connectivity index (χ3v) is 5.12. The number of hydrogen-bond acceptors (Lipinski definition) is 0. The summed E-state index contributed by atoms with van der Waals surface area (Å²) in [5.74, 6) is 0. The number of aryl methyl sites for hydroxylation is 1. The van der Waals surface area contributed by atoms with Gasteiger partial charge in [-0.25, -0.2) is 0 Å². The van der Waals surface area contributed by atoms with Crippen LogP contribution in [-0.2, 0) is 0 Å². The largest absolute Gasteiger partial charge is 0.113 e. The van der Waals surface area contributed by atoms with Crippen LogP contribution in [0.3, 0.4) is 0 Å². The molecule has 0 aliphatic heterocycles. The van der Waals surface area contributed by atoms with Crippen LogP contribution >= 0.6 is 11.6 Å². The molecule has 0 aliphatic carbocycles. The van der Waals surface area contributed by atoms with Gasteiger partial charge in [-0.1, -0.05) is 29.8 Å². The molecule has 106 valence electrons. The molecule has 2 aromatic carbocycles. The first-order chi connectivity index (χ1) is 9.34. The Kier molecular flexibility index (Phi) is 4.25. The fourth-order valence-electron chi connectivity index (χ4n) is 2.90. The molecular formula is C19H23Cl. The molecule has 0 saturated carbocycles. The molecule has 0 amide bonds. The molecular weight excluding hydrogens is 264 g/mol. The molecule has 2 aromatic rings. The van der Waals surface area contributed by atoms with E-state index in [0.29, 0.717) is 0 Å². The summed E-state index contributed by atoms with van der Waals surface area (Å²) in [6.45, 7) is 13.1. The van der Waals surface area contributed by atoms with Crippen molar-refractivity contribution in [3.8, 4) is 0 Å². The molecule has 0 nitrogen and oxygen atoms in total. The maximum absolute atomic E-state index is 6.81. The molecule has 0 spiro atoms. The van der Waals surface area contributed by atoms with Crippen LogP contribution in [0.1, 0.15) is 49.9 Å². The van der Waals surface area contributed by atoms with Gasteiger partial charge in [-0.05, 0) is 80.5 Å². The topological polar surface area (TPSA) is 0 Å². The Morgan fingerprint density at radius 2 is 1.25 bits per heavy atom. The monoisotopic (exact) mass is 286 g/mol. The summed E-state index contributed by atoms with van der Waals surface area (Å²) in [5.41, 5.74) is 10.5. The first-order valence-electron chi connectivity index (χ1n) is 7.12. The molecule has 0 radical (unpaired) electrons. The van der Waals surface area contributed by atoms with Gasteiger partial charge in [-0.2, -0.15) is 0 Å². The van der Waals surface area contributed by atoms with E-state index in [1.807, 2.05) is 0 Å². The Labute approximate surface area is 127 Å². The van der Waals surface area contributed by atoms with E-state index in [2.05, 4.69) is 65.8 Å². The standard InChI is InChI=1S/C19H23Cl/c1-11-8-7-9-17(10-11)19(20)18-15(5)13(3)12(2)14(4)16(18)6/h7-10,19H,1-6H3. The summed E-state index contributed by atoms with van der Waals surface area (Å²) in [6, 6.07) is 8.49. The fourth-order valence-corrected chi connectivity index (χ4v) is 3.37. The van der Waals surface area contributed by atoms with Gasteiger partial charge in [0.2, 0.25) is 0 Å². The molecule has 0 saturated heterocycles. The maximum atomic E-state index is 6.81. The summed E-state index contributed by atoms with van der Waals surface area (Å²) < 4.78 is 0. The van der Waals surface area contributed by atoms with Crippen molar-refractivity contribution in [3.63, 3.8) is 0 Å². The number of hydrogen-bond donors (Lipinski definition) is 0. The Morgan fingerprint density at radius 3 is 1.75 bits per heavy atom. The van der Waals surface area contributed by atoms with Crippen molar-refractivity contribution in [2.45, 2.75) is 46.9 Å². The first-order valence-corrected chi connectivity index (χ1v) is 7.55. The van der Waals surface area contributed by atoms with Crippen molar-refractivity contribution in [3.05, 3.63) is 68.8 Å². The number of halogens is 1. The highest BCUT2D eigenvalue weighted by atomic mass is 35.5. The molecule has 20 heavy (non-hydrogen) atoms. The SMILES string of the molecule is Cc1cccc(C(Cl)c2c(C)c(C)c(C)c(C)c2C)c1. The van der Waals surface area contributed by atoms with Crippen LogP contribution in [0.2, 0.25) is 0 Å². The molecule has 1 heteroatoms. The average molecular weight is 287 g/mol. The van der Waals surface area contributed by atoms with Gasteiger partial charge >= 0.3 is 0 Å². The van der Waals surface area contributed by atoms with Crippen molar-refractivity contribution in [2.24, 2.45) is 0 Å². The third kappa shape index (κ3) is 2.50. The van der Waals surface area contributed by atoms with Crippen molar-refractivity contribution in [1.29, 1.82) is 0 Å². The van der Waals surface area contributed by atoms with E-state index in [1.54, 1.807) is 0 Å². The molecule has 1 unspecified atom stereocenters. The van der Waals surface area contributed by atoms with E-state index in [1.165, 1.54) is 44.5 Å². The minimum atomic E-state index is -0.0760. The molecule has 1 atom stereocenters. The van der Waals surface area contributed by atoms with Crippen LogP contribution in [-0.4, -0.2) is 0 Å². The summed E-state index contributed by atoms with van der Waals surface area (Å²) in [4.78, 5) is 0. The van der Waals surface area contributed by atoms with Gasteiger partial charge in [-0.15, -0.1) is 11.6 Å². The van der Waals surface area contributed by atoms with Gasteiger partial charge in [-0.3, -0.25) is 0 Å². The Hall–Kier alpha value is -1.27. The zero-order chi connectivity index (χ0) is 15.0. The first kappa shape index (κ1) is 15.1. The van der Waals surface area contributed by atoms with E-state index in [0.717, 1.165) is 0 Å². The lowest BCUT2D eigenvalue weighted by atomic mass is 9.86. The van der Waals surface area contributed by atoms with Gasteiger partial charge in [0.25, 0.3) is 0 Å². The van der Waals surface area contributed by atoms with E-state index in [4.69, 9.17) is 11.6 Å². The highest BCUT2D eigenvalue weighted by Gasteiger charge is 2.20. The van der Waals surface area contributed by atoms with Crippen molar-refractivity contribution < 1.29 is 0 Å². The average Bonchev–Trinajstić information content (AvgIpc) is 2.43. The van der Waals surface area contributed by atoms with E-state index in [-0.39, 0.29) is 5.38 Å². The van der Waals surface area contributed by atoms with E-state index in [9.17, 15) is 0 Å². The Balaban J connectivity index is 2.64. The second kappa shape index (κ2) is 5.61.